The smallest absolute Gasteiger partial charge is 0.222 e. The van der Waals surface area contributed by atoms with Gasteiger partial charge in [-0.15, -0.1) is 0 Å². The molecule has 6 heteroatoms. The zero-order valence-electron chi connectivity index (χ0n) is 13.6. The van der Waals surface area contributed by atoms with Crippen LogP contribution in [-0.2, 0) is 30.1 Å². The molecule has 6 nitrogen and oxygen atoms in total. The summed E-state index contributed by atoms with van der Waals surface area (Å²) in [6, 6.07) is 1.98. The normalized spacial score (nSPS) is 23.4. The number of likely N-dealkylation sites (tertiary alicyclic amines) is 1. The van der Waals surface area contributed by atoms with Crippen LogP contribution in [0, 0.1) is 0 Å². The van der Waals surface area contributed by atoms with E-state index in [9.17, 15) is 4.79 Å². The zero-order valence-corrected chi connectivity index (χ0v) is 13.6. The second kappa shape index (κ2) is 5.51. The number of carbonyl (C=O) groups excluding carboxylic acids is 1. The number of aromatic nitrogens is 4. The molecule has 1 N–H and O–H groups in total. The van der Waals surface area contributed by atoms with Crippen LogP contribution in [0.25, 0.3) is 0 Å². The second-order valence-corrected chi connectivity index (χ2v) is 6.92. The molecule has 2 aromatic heterocycles. The summed E-state index contributed by atoms with van der Waals surface area (Å²) in [6.45, 7) is 1.72. The fraction of sp³-hybridized carbons (Fsp3) is 0.588. The summed E-state index contributed by atoms with van der Waals surface area (Å²) in [5, 5.41) is 11.6. The van der Waals surface area contributed by atoms with Gasteiger partial charge in [-0.25, -0.2) is 0 Å². The number of H-pyrrole nitrogens is 1. The lowest BCUT2D eigenvalue weighted by Gasteiger charge is -2.40. The van der Waals surface area contributed by atoms with Crippen molar-refractivity contribution in [3.63, 3.8) is 0 Å². The van der Waals surface area contributed by atoms with Crippen molar-refractivity contribution in [2.24, 2.45) is 7.05 Å². The number of rotatable bonds is 3. The molecule has 23 heavy (non-hydrogen) atoms. The van der Waals surface area contributed by atoms with Gasteiger partial charge in [0, 0.05) is 49.6 Å². The Hall–Kier alpha value is -2.11. The molecule has 0 radical (unpaired) electrons. The summed E-state index contributed by atoms with van der Waals surface area (Å²) < 4.78 is 1.85. The molecule has 122 valence electrons. The zero-order chi connectivity index (χ0) is 15.9. The average molecular weight is 313 g/mol. The van der Waals surface area contributed by atoms with E-state index in [1.807, 2.05) is 24.0 Å². The first-order valence-electron chi connectivity index (χ1n) is 8.45. The third-order valence-electron chi connectivity index (χ3n) is 5.57. The molecule has 0 aromatic carbocycles. The Bertz CT molecular complexity index is 718. The number of fused-ring (bicyclic) bond motifs is 2. The Morgan fingerprint density at radius 1 is 1.43 bits per heavy atom. The molecular formula is C17H23N5O. The minimum Gasteiger partial charge on any atom is -0.342 e. The molecule has 3 heterocycles. The highest BCUT2D eigenvalue weighted by Crippen LogP contribution is 2.43. The van der Waals surface area contributed by atoms with Crippen LogP contribution < -0.4 is 0 Å². The molecule has 1 atom stereocenters. The first-order valence-corrected chi connectivity index (χ1v) is 8.45. The molecule has 0 saturated carbocycles. The number of carbonyl (C=O) groups is 1. The Kier molecular flexibility index (Phi) is 3.47. The van der Waals surface area contributed by atoms with Crippen LogP contribution in [0.15, 0.2) is 18.5 Å². The summed E-state index contributed by atoms with van der Waals surface area (Å²) in [6.07, 6.45) is 9.52. The summed E-state index contributed by atoms with van der Waals surface area (Å²) in [5.41, 5.74) is 3.85. The number of hydrogen-bond acceptors (Lipinski definition) is 3. The van der Waals surface area contributed by atoms with Crippen molar-refractivity contribution in [2.45, 2.75) is 43.9 Å². The summed E-state index contributed by atoms with van der Waals surface area (Å²) >= 11 is 0. The van der Waals surface area contributed by atoms with Crippen LogP contribution in [0.5, 0.6) is 0 Å². The number of aromatic amines is 1. The van der Waals surface area contributed by atoms with Crippen LogP contribution in [0.1, 0.15) is 42.6 Å². The van der Waals surface area contributed by atoms with E-state index >= 15 is 0 Å². The van der Waals surface area contributed by atoms with E-state index in [0.29, 0.717) is 6.42 Å². The van der Waals surface area contributed by atoms with Gasteiger partial charge in [0.05, 0.1) is 6.20 Å². The fourth-order valence-corrected chi connectivity index (χ4v) is 4.25. The van der Waals surface area contributed by atoms with Gasteiger partial charge in [-0.2, -0.15) is 10.2 Å². The van der Waals surface area contributed by atoms with Crippen LogP contribution in [0.3, 0.4) is 0 Å². The van der Waals surface area contributed by atoms with E-state index in [1.54, 1.807) is 6.20 Å². The predicted molar refractivity (Wildman–Crippen MR) is 85.9 cm³/mol. The molecule has 2 aromatic rings. The Morgan fingerprint density at radius 2 is 2.35 bits per heavy atom. The summed E-state index contributed by atoms with van der Waals surface area (Å²) in [4.78, 5) is 14.7. The fourth-order valence-electron chi connectivity index (χ4n) is 4.25. The van der Waals surface area contributed by atoms with Crippen molar-refractivity contribution in [3.05, 3.63) is 35.4 Å². The molecule has 1 spiro atoms. The van der Waals surface area contributed by atoms with E-state index in [2.05, 4.69) is 20.2 Å². The van der Waals surface area contributed by atoms with Gasteiger partial charge in [0.2, 0.25) is 5.91 Å². The second-order valence-electron chi connectivity index (χ2n) is 6.92. The number of piperidine rings is 1. The van der Waals surface area contributed by atoms with Crippen LogP contribution in [0.2, 0.25) is 0 Å². The quantitative estimate of drug-likeness (QED) is 0.935. The van der Waals surface area contributed by atoms with E-state index in [4.69, 9.17) is 0 Å². The highest BCUT2D eigenvalue weighted by atomic mass is 16.2. The number of nitrogens with zero attached hydrogens (tertiary/aromatic N) is 4. The molecule has 1 aliphatic heterocycles. The van der Waals surface area contributed by atoms with Crippen molar-refractivity contribution in [1.29, 1.82) is 0 Å². The van der Waals surface area contributed by atoms with E-state index < -0.39 is 0 Å². The van der Waals surface area contributed by atoms with Crippen LogP contribution in [-0.4, -0.2) is 43.9 Å². The predicted octanol–water partition coefficient (Wildman–Crippen LogP) is 1.58. The SMILES string of the molecule is Cn1nccc1CCC(=O)N1CCCC2(CCc3cn[nH]c32)C1. The van der Waals surface area contributed by atoms with E-state index in [1.165, 1.54) is 11.3 Å². The lowest BCUT2D eigenvalue weighted by molar-refractivity contribution is -0.133. The first kappa shape index (κ1) is 14.5. The van der Waals surface area contributed by atoms with Gasteiger partial charge in [0.15, 0.2) is 0 Å². The first-order chi connectivity index (χ1) is 11.2. The third kappa shape index (κ3) is 2.46. The maximum atomic E-state index is 12.7. The summed E-state index contributed by atoms with van der Waals surface area (Å²) in [5.74, 6) is 0.262. The Morgan fingerprint density at radius 3 is 3.17 bits per heavy atom. The number of aryl methyl sites for hydroxylation is 3. The van der Waals surface area contributed by atoms with Crippen LogP contribution >= 0.6 is 0 Å². The minimum absolute atomic E-state index is 0.117. The molecule has 0 bridgehead atoms. The Balaban J connectivity index is 1.44. The molecule has 1 saturated heterocycles. The molecule has 1 unspecified atom stereocenters. The lowest BCUT2D eigenvalue weighted by Crippen LogP contribution is -2.47. The van der Waals surface area contributed by atoms with Crippen molar-refractivity contribution in [2.75, 3.05) is 13.1 Å². The third-order valence-corrected chi connectivity index (χ3v) is 5.57. The lowest BCUT2D eigenvalue weighted by atomic mass is 9.77. The highest BCUT2D eigenvalue weighted by molar-refractivity contribution is 5.76. The van der Waals surface area contributed by atoms with Gasteiger partial charge in [-0.3, -0.25) is 14.6 Å². The number of nitrogens with one attached hydrogen (secondary N) is 1. The molecule has 4 rings (SSSR count). The maximum absolute atomic E-state index is 12.7. The van der Waals surface area contributed by atoms with Gasteiger partial charge < -0.3 is 4.90 Å². The molecule has 2 aliphatic rings. The molecular weight excluding hydrogens is 290 g/mol. The molecule has 1 aliphatic carbocycles. The highest BCUT2D eigenvalue weighted by Gasteiger charge is 2.44. The van der Waals surface area contributed by atoms with Crippen molar-refractivity contribution in [1.82, 2.24) is 24.9 Å². The number of amides is 1. The topological polar surface area (TPSA) is 66.8 Å². The van der Waals surface area contributed by atoms with Crippen molar-refractivity contribution < 1.29 is 4.79 Å². The minimum atomic E-state index is 0.117. The standard InChI is InChI=1S/C17H23N5O/c1-21-14(6-9-19-21)3-4-15(23)22-10-2-7-17(12-22)8-5-13-11-18-20-16(13)17/h6,9,11H,2-5,7-8,10,12H2,1H3,(H,18,20). The molecule has 1 fully saturated rings. The van der Waals surface area contributed by atoms with Gasteiger partial charge in [-0.1, -0.05) is 0 Å². The molecule has 1 amide bonds. The van der Waals surface area contributed by atoms with Gasteiger partial charge >= 0.3 is 0 Å². The number of hydrogen-bond donors (Lipinski definition) is 1. The van der Waals surface area contributed by atoms with Gasteiger partial charge in [0.25, 0.3) is 0 Å². The average Bonchev–Trinajstić information content (AvgIpc) is 3.25. The Labute approximate surface area is 135 Å². The van der Waals surface area contributed by atoms with Crippen LogP contribution in [0.4, 0.5) is 0 Å². The summed E-state index contributed by atoms with van der Waals surface area (Å²) in [7, 11) is 1.92. The largest absolute Gasteiger partial charge is 0.342 e. The monoisotopic (exact) mass is 313 g/mol. The van der Waals surface area contributed by atoms with E-state index in [0.717, 1.165) is 50.9 Å². The maximum Gasteiger partial charge on any atom is 0.222 e. The van der Waals surface area contributed by atoms with Gasteiger partial charge in [0.1, 0.15) is 0 Å². The van der Waals surface area contributed by atoms with Crippen molar-refractivity contribution >= 4 is 5.91 Å². The van der Waals surface area contributed by atoms with Crippen molar-refractivity contribution in [3.8, 4) is 0 Å². The van der Waals surface area contributed by atoms with Gasteiger partial charge in [-0.05, 0) is 43.7 Å². The van der Waals surface area contributed by atoms with E-state index in [-0.39, 0.29) is 11.3 Å².